The number of methoxy groups -OCH3 is 2. The largest absolute Gasteiger partial charge is 0.493 e. The van der Waals surface area contributed by atoms with E-state index in [1.54, 1.807) is 24.3 Å². The average molecular weight is 365 g/mol. The Balaban J connectivity index is 2.03. The molecule has 2 aromatic rings. The van der Waals surface area contributed by atoms with Crippen LogP contribution in [0.4, 0.5) is 0 Å². The summed E-state index contributed by atoms with van der Waals surface area (Å²) in [6.45, 7) is 1.41. The van der Waals surface area contributed by atoms with Gasteiger partial charge in [0.2, 0.25) is 10.0 Å². The highest BCUT2D eigenvalue weighted by atomic mass is 32.2. The molecule has 0 saturated carbocycles. The van der Waals surface area contributed by atoms with E-state index in [4.69, 9.17) is 14.2 Å². The summed E-state index contributed by atoms with van der Waals surface area (Å²) in [5, 5.41) is 0. The Labute approximate surface area is 146 Å². The number of carbonyl (C=O) groups is 1. The highest BCUT2D eigenvalue weighted by Crippen LogP contribution is 2.29. The fourth-order valence-corrected chi connectivity index (χ4v) is 2.98. The molecule has 7 nitrogen and oxygen atoms in total. The Kier molecular flexibility index (Phi) is 6.00. The van der Waals surface area contributed by atoms with E-state index < -0.39 is 22.5 Å². The second kappa shape index (κ2) is 8.00. The number of rotatable bonds is 7. The minimum absolute atomic E-state index is 0.0479. The van der Waals surface area contributed by atoms with Gasteiger partial charge in [0.05, 0.1) is 19.1 Å². The summed E-state index contributed by atoms with van der Waals surface area (Å²) < 4.78 is 42.0. The number of hydrogen-bond donors (Lipinski definition) is 1. The molecule has 8 heteroatoms. The maximum absolute atomic E-state index is 12.3. The van der Waals surface area contributed by atoms with Gasteiger partial charge in [-0.15, -0.1) is 0 Å². The van der Waals surface area contributed by atoms with Crippen molar-refractivity contribution in [1.29, 1.82) is 0 Å². The van der Waals surface area contributed by atoms with Crippen molar-refractivity contribution in [2.24, 2.45) is 0 Å². The number of hydrogen-bond acceptors (Lipinski definition) is 6. The molecule has 0 aliphatic carbocycles. The Morgan fingerprint density at radius 1 is 1.00 bits per heavy atom. The molecule has 0 saturated heterocycles. The van der Waals surface area contributed by atoms with Gasteiger partial charge in [-0.25, -0.2) is 8.42 Å². The summed E-state index contributed by atoms with van der Waals surface area (Å²) in [5.74, 6) is 0.307. The first-order valence-electron chi connectivity index (χ1n) is 7.35. The smallest absolute Gasteiger partial charge is 0.326 e. The number of carbonyl (C=O) groups excluding carboxylic acids is 1. The quantitative estimate of drug-likeness (QED) is 0.595. The van der Waals surface area contributed by atoms with Gasteiger partial charge in [0, 0.05) is 6.07 Å². The van der Waals surface area contributed by atoms with Crippen LogP contribution in [-0.4, -0.2) is 35.2 Å². The molecule has 0 heterocycles. The third kappa shape index (κ3) is 4.94. The topological polar surface area (TPSA) is 90.9 Å². The van der Waals surface area contributed by atoms with Crippen LogP contribution in [0.3, 0.4) is 0 Å². The molecular weight excluding hydrogens is 346 g/mol. The van der Waals surface area contributed by atoms with Crippen LogP contribution in [-0.2, 0) is 14.8 Å². The summed E-state index contributed by atoms with van der Waals surface area (Å²) >= 11 is 0. The fourth-order valence-electron chi connectivity index (χ4n) is 1.99. The normalized spacial score (nSPS) is 11.0. The second-order valence-electron chi connectivity index (χ2n) is 5.13. The molecule has 0 aliphatic rings. The first kappa shape index (κ1) is 18.8. The van der Waals surface area contributed by atoms with Gasteiger partial charge >= 0.3 is 5.97 Å². The third-order valence-corrected chi connectivity index (χ3v) is 4.72. The molecule has 134 valence electrons. The minimum Gasteiger partial charge on any atom is -0.493 e. The van der Waals surface area contributed by atoms with Crippen molar-refractivity contribution in [3.63, 3.8) is 0 Å². The van der Waals surface area contributed by atoms with Crippen LogP contribution in [0.2, 0.25) is 0 Å². The SMILES string of the molecule is COc1ccc(S(=O)(=O)NCC(=O)Oc2ccc(C)cc2)cc1OC. The van der Waals surface area contributed by atoms with E-state index in [2.05, 4.69) is 4.72 Å². The van der Waals surface area contributed by atoms with Crippen molar-refractivity contribution >= 4 is 16.0 Å². The number of aryl methyl sites for hydroxylation is 1. The van der Waals surface area contributed by atoms with Crippen molar-refractivity contribution in [1.82, 2.24) is 4.72 Å². The van der Waals surface area contributed by atoms with Crippen molar-refractivity contribution in [2.75, 3.05) is 20.8 Å². The first-order chi connectivity index (χ1) is 11.9. The van der Waals surface area contributed by atoms with Crippen LogP contribution in [0.1, 0.15) is 5.56 Å². The van der Waals surface area contributed by atoms with E-state index >= 15 is 0 Å². The predicted octanol–water partition coefficient (Wildman–Crippen LogP) is 1.90. The van der Waals surface area contributed by atoms with E-state index in [0.29, 0.717) is 11.5 Å². The molecule has 0 radical (unpaired) electrons. The summed E-state index contributed by atoms with van der Waals surface area (Å²) in [4.78, 5) is 11.8. The molecule has 0 spiro atoms. The zero-order valence-electron chi connectivity index (χ0n) is 14.1. The lowest BCUT2D eigenvalue weighted by molar-refractivity contribution is -0.133. The summed E-state index contributed by atoms with van der Waals surface area (Å²) in [6, 6.07) is 11.0. The maximum Gasteiger partial charge on any atom is 0.326 e. The van der Waals surface area contributed by atoms with Crippen LogP contribution in [0.5, 0.6) is 17.2 Å². The monoisotopic (exact) mass is 365 g/mol. The van der Waals surface area contributed by atoms with Gasteiger partial charge in [-0.1, -0.05) is 17.7 Å². The highest BCUT2D eigenvalue weighted by Gasteiger charge is 2.18. The number of esters is 1. The molecule has 0 aromatic heterocycles. The fraction of sp³-hybridized carbons (Fsp3) is 0.235. The molecule has 0 bridgehead atoms. The van der Waals surface area contributed by atoms with Crippen LogP contribution >= 0.6 is 0 Å². The van der Waals surface area contributed by atoms with Gasteiger partial charge in [-0.05, 0) is 31.2 Å². The molecule has 0 amide bonds. The van der Waals surface area contributed by atoms with E-state index in [1.807, 2.05) is 6.92 Å². The number of sulfonamides is 1. The molecule has 0 atom stereocenters. The van der Waals surface area contributed by atoms with Crippen LogP contribution < -0.4 is 18.9 Å². The molecule has 0 aliphatic heterocycles. The number of nitrogens with one attached hydrogen (secondary N) is 1. The average Bonchev–Trinajstić information content (AvgIpc) is 2.61. The maximum atomic E-state index is 12.3. The zero-order valence-corrected chi connectivity index (χ0v) is 14.9. The number of benzene rings is 2. The molecule has 0 unspecified atom stereocenters. The molecule has 1 N–H and O–H groups in total. The van der Waals surface area contributed by atoms with Gasteiger partial charge in [-0.3, -0.25) is 4.79 Å². The summed E-state index contributed by atoms with van der Waals surface area (Å²) in [5.41, 5.74) is 1.02. The van der Waals surface area contributed by atoms with Crippen LogP contribution in [0, 0.1) is 6.92 Å². The Morgan fingerprint density at radius 3 is 2.24 bits per heavy atom. The first-order valence-corrected chi connectivity index (χ1v) is 8.83. The van der Waals surface area contributed by atoms with Crippen LogP contribution in [0.25, 0.3) is 0 Å². The van der Waals surface area contributed by atoms with Crippen molar-refractivity contribution < 1.29 is 27.4 Å². The number of ether oxygens (including phenoxy) is 3. The lowest BCUT2D eigenvalue weighted by Gasteiger charge is -2.11. The van der Waals surface area contributed by atoms with E-state index in [1.165, 1.54) is 32.4 Å². The van der Waals surface area contributed by atoms with Gasteiger partial charge in [0.15, 0.2) is 11.5 Å². The Morgan fingerprint density at radius 2 is 1.64 bits per heavy atom. The lowest BCUT2D eigenvalue weighted by Crippen LogP contribution is -2.32. The summed E-state index contributed by atoms with van der Waals surface area (Å²) in [6.07, 6.45) is 0. The van der Waals surface area contributed by atoms with Gasteiger partial charge in [0.25, 0.3) is 0 Å². The third-order valence-electron chi connectivity index (χ3n) is 3.32. The van der Waals surface area contributed by atoms with Gasteiger partial charge in [-0.2, -0.15) is 4.72 Å². The molecule has 2 rings (SSSR count). The van der Waals surface area contributed by atoms with Crippen molar-refractivity contribution in [2.45, 2.75) is 11.8 Å². The van der Waals surface area contributed by atoms with E-state index in [9.17, 15) is 13.2 Å². The molecule has 25 heavy (non-hydrogen) atoms. The second-order valence-corrected chi connectivity index (χ2v) is 6.90. The van der Waals surface area contributed by atoms with E-state index in [-0.39, 0.29) is 10.6 Å². The standard InChI is InChI=1S/C17H19NO6S/c1-12-4-6-13(7-5-12)24-17(19)11-18-25(20,21)14-8-9-15(22-2)16(10-14)23-3/h4-10,18H,11H2,1-3H3. The predicted molar refractivity (Wildman–Crippen MR) is 91.5 cm³/mol. The molecular formula is C17H19NO6S. The minimum atomic E-state index is -3.90. The van der Waals surface area contributed by atoms with Crippen LogP contribution in [0.15, 0.2) is 47.4 Å². The van der Waals surface area contributed by atoms with Crippen molar-refractivity contribution in [3.8, 4) is 17.2 Å². The summed E-state index contributed by atoms with van der Waals surface area (Å²) in [7, 11) is -1.05. The van der Waals surface area contributed by atoms with Gasteiger partial charge in [0.1, 0.15) is 12.3 Å². The Hall–Kier alpha value is -2.58. The van der Waals surface area contributed by atoms with Gasteiger partial charge < -0.3 is 14.2 Å². The Bertz CT molecular complexity index is 846. The lowest BCUT2D eigenvalue weighted by atomic mass is 10.2. The van der Waals surface area contributed by atoms with Crippen molar-refractivity contribution in [3.05, 3.63) is 48.0 Å². The van der Waals surface area contributed by atoms with E-state index in [0.717, 1.165) is 5.56 Å². The highest BCUT2D eigenvalue weighted by molar-refractivity contribution is 7.89. The molecule has 2 aromatic carbocycles. The zero-order chi connectivity index (χ0) is 18.4. The molecule has 0 fully saturated rings.